The van der Waals surface area contributed by atoms with Gasteiger partial charge in [-0.15, -0.1) is 0 Å². The van der Waals surface area contributed by atoms with E-state index in [1.54, 1.807) is 31.0 Å². The number of aromatic nitrogens is 1. The fourth-order valence-electron chi connectivity index (χ4n) is 8.39. The molecule has 1 aromatic heterocycles. The van der Waals surface area contributed by atoms with Gasteiger partial charge in [0.1, 0.15) is 29.8 Å². The molecule has 2 heterocycles. The number of rotatable bonds is 27. The topological polar surface area (TPSA) is 242 Å². The number of carboxylic acid groups (broad SMARTS) is 1. The van der Waals surface area contributed by atoms with Crippen molar-refractivity contribution in [1.82, 2.24) is 35.6 Å². The summed E-state index contributed by atoms with van der Waals surface area (Å²) in [6.45, 7) is 13.0. The van der Waals surface area contributed by atoms with E-state index < -0.39 is 70.9 Å². The molecule has 7 N–H and O–H groups in total. The highest BCUT2D eigenvalue weighted by molar-refractivity contribution is 6.12. The summed E-state index contributed by atoms with van der Waals surface area (Å²) in [6, 6.07) is 9.58. The number of carbonyl (C=O) groups excluding carboxylic acids is 7. The quantitative estimate of drug-likeness (QED) is 0.0435. The Balaban J connectivity index is 1.26. The largest absolute Gasteiger partial charge is 0.480 e. The van der Waals surface area contributed by atoms with Gasteiger partial charge in [0, 0.05) is 74.7 Å². The van der Waals surface area contributed by atoms with Gasteiger partial charge in [-0.25, -0.2) is 13.6 Å². The summed E-state index contributed by atoms with van der Waals surface area (Å²) in [5.41, 5.74) is 7.92. The molecule has 3 aromatic rings. The highest BCUT2D eigenvalue weighted by Crippen LogP contribution is 2.41. The van der Waals surface area contributed by atoms with Crippen LogP contribution in [0.4, 0.5) is 8.78 Å². The van der Waals surface area contributed by atoms with E-state index in [-0.39, 0.29) is 80.4 Å². The highest BCUT2D eigenvalue weighted by atomic mass is 19.1. The number of aliphatic carboxylic acids is 1. The predicted octanol–water partition coefficient (Wildman–Crippen LogP) is 5.12. The van der Waals surface area contributed by atoms with Crippen molar-refractivity contribution in [2.45, 2.75) is 137 Å². The van der Waals surface area contributed by atoms with E-state index in [0.717, 1.165) is 28.7 Å². The molecule has 2 aromatic carbocycles. The van der Waals surface area contributed by atoms with E-state index in [9.17, 15) is 47.9 Å². The molecular weight excluding hydrogens is 919 g/mol. The Morgan fingerprint density at radius 1 is 0.803 bits per heavy atom. The number of nitrogens with one attached hydrogen (secondary N) is 4. The van der Waals surface area contributed by atoms with Crippen LogP contribution in [0.2, 0.25) is 0 Å². The number of hydrogen-bond acceptors (Lipinski definition) is 9. The van der Waals surface area contributed by atoms with Crippen LogP contribution in [0, 0.1) is 23.0 Å². The standard InChI is InChI=1S/C52H70F2N8O9/c1-32(2)46(59-43(64)19-12-9-15-26-62-44(65)22-23-45(62)66)50(69)57-33(3)48(67)58-41(51(70)71)18-13-14-25-56-49(68)40(55)24-27-61(34(4)63)47(52(5,6)7)42-28-36(38-29-37(53)20-21-39(38)54)31-60(42)30-35-16-10-8-11-17-35/h8,10-11,16-17,20-23,28-29,31-33,40-41,46-47H,9,12-15,18-19,24-27,30,55H2,1-7H3,(H,56,68)(H,57,69)(H,58,67)(H,59,64)(H,70,71)/t33-,40-,41-,46-,47-/m0/s1. The summed E-state index contributed by atoms with van der Waals surface area (Å²) in [5, 5.41) is 20.3. The zero-order valence-electron chi connectivity index (χ0n) is 41.8. The molecule has 0 aliphatic carbocycles. The Morgan fingerprint density at radius 2 is 1.48 bits per heavy atom. The summed E-state index contributed by atoms with van der Waals surface area (Å²) in [6.07, 6.45) is 6.54. The SMILES string of the molecule is CC(=O)N(CC[C@H](N)C(=O)NCCCC[C@H](NC(=O)[C@H](C)NC(=O)[C@@H](NC(=O)CCCCCN1C(=O)C=CC1=O)C(C)C)C(=O)O)[C@@H](c1cc(-c2cc(F)ccc2F)cn1Cc1ccccc1)C(C)(C)C. The molecule has 4 rings (SSSR count). The number of unbranched alkanes of at least 4 members (excludes halogenated alkanes) is 3. The minimum Gasteiger partial charge on any atom is -0.480 e. The van der Waals surface area contributed by atoms with E-state index in [0.29, 0.717) is 43.5 Å². The maximum atomic E-state index is 15.1. The Labute approximate surface area is 414 Å². The molecule has 386 valence electrons. The lowest BCUT2D eigenvalue weighted by Gasteiger charge is -2.41. The first-order valence-corrected chi connectivity index (χ1v) is 24.1. The van der Waals surface area contributed by atoms with Crippen molar-refractivity contribution in [3.8, 4) is 11.1 Å². The number of hydrogen-bond donors (Lipinski definition) is 6. The molecule has 0 radical (unpaired) electrons. The number of halogens is 2. The summed E-state index contributed by atoms with van der Waals surface area (Å²) in [5.74, 6) is -6.09. The van der Waals surface area contributed by atoms with Crippen molar-refractivity contribution >= 4 is 47.3 Å². The van der Waals surface area contributed by atoms with Crippen LogP contribution in [0.5, 0.6) is 0 Å². The fourth-order valence-corrected chi connectivity index (χ4v) is 8.39. The molecule has 0 bridgehead atoms. The molecule has 19 heteroatoms. The van der Waals surface area contributed by atoms with Gasteiger partial charge in [-0.05, 0) is 86.6 Å². The lowest BCUT2D eigenvalue weighted by Crippen LogP contribution is -2.56. The summed E-state index contributed by atoms with van der Waals surface area (Å²) < 4.78 is 31.4. The van der Waals surface area contributed by atoms with Crippen molar-refractivity contribution in [3.05, 3.63) is 95.8 Å². The van der Waals surface area contributed by atoms with E-state index in [1.165, 1.54) is 26.0 Å². The molecular formula is C52H70F2N8O9. The van der Waals surface area contributed by atoms with Crippen LogP contribution < -0.4 is 27.0 Å². The second-order valence-corrected chi connectivity index (χ2v) is 19.4. The molecule has 0 saturated carbocycles. The van der Waals surface area contributed by atoms with Gasteiger partial charge in [-0.2, -0.15) is 0 Å². The third-order valence-corrected chi connectivity index (χ3v) is 12.2. The lowest BCUT2D eigenvalue weighted by molar-refractivity contribution is -0.142. The van der Waals surface area contributed by atoms with Crippen LogP contribution >= 0.6 is 0 Å². The van der Waals surface area contributed by atoms with Crippen LogP contribution in [0.1, 0.15) is 117 Å². The Bertz CT molecular complexity index is 2380. The summed E-state index contributed by atoms with van der Waals surface area (Å²) in [7, 11) is 0. The first-order chi connectivity index (χ1) is 33.5. The van der Waals surface area contributed by atoms with Gasteiger partial charge < -0.3 is 41.6 Å². The second-order valence-electron chi connectivity index (χ2n) is 19.4. The van der Waals surface area contributed by atoms with Crippen molar-refractivity contribution in [1.29, 1.82) is 0 Å². The smallest absolute Gasteiger partial charge is 0.326 e. The Kier molecular flexibility index (Phi) is 21.2. The normalized spacial score (nSPS) is 14.7. The molecule has 1 aliphatic rings. The maximum absolute atomic E-state index is 15.1. The number of benzene rings is 2. The number of carboxylic acids is 1. The molecule has 17 nitrogen and oxygen atoms in total. The molecule has 0 unspecified atom stereocenters. The zero-order valence-corrected chi connectivity index (χ0v) is 41.8. The van der Waals surface area contributed by atoms with Gasteiger partial charge in [0.2, 0.25) is 29.5 Å². The van der Waals surface area contributed by atoms with Crippen LogP contribution in [0.3, 0.4) is 0 Å². The summed E-state index contributed by atoms with van der Waals surface area (Å²) in [4.78, 5) is 104. The number of nitrogens with two attached hydrogens (primary N) is 1. The third kappa shape index (κ3) is 17.0. The predicted molar refractivity (Wildman–Crippen MR) is 263 cm³/mol. The minimum atomic E-state index is -1.30. The Morgan fingerprint density at radius 3 is 2.10 bits per heavy atom. The van der Waals surface area contributed by atoms with Gasteiger partial charge in [-0.1, -0.05) is 71.4 Å². The molecule has 0 saturated heterocycles. The number of imide groups is 1. The van der Waals surface area contributed by atoms with Crippen molar-refractivity contribution in [2.24, 2.45) is 17.1 Å². The van der Waals surface area contributed by atoms with E-state index >= 15 is 4.39 Å². The van der Waals surface area contributed by atoms with Gasteiger partial charge >= 0.3 is 5.97 Å². The average Bonchev–Trinajstić information content (AvgIpc) is 3.86. The van der Waals surface area contributed by atoms with Crippen LogP contribution in [-0.2, 0) is 44.9 Å². The maximum Gasteiger partial charge on any atom is 0.326 e. The van der Waals surface area contributed by atoms with Crippen molar-refractivity contribution in [2.75, 3.05) is 19.6 Å². The molecule has 1 aliphatic heterocycles. The lowest BCUT2D eigenvalue weighted by atomic mass is 9.82. The molecule has 7 amide bonds. The van der Waals surface area contributed by atoms with Crippen molar-refractivity contribution < 1.29 is 52.2 Å². The third-order valence-electron chi connectivity index (χ3n) is 12.2. The highest BCUT2D eigenvalue weighted by Gasteiger charge is 2.37. The summed E-state index contributed by atoms with van der Waals surface area (Å²) >= 11 is 0. The minimum absolute atomic E-state index is 0.0111. The van der Waals surface area contributed by atoms with E-state index in [2.05, 4.69) is 21.3 Å². The molecule has 71 heavy (non-hydrogen) atoms. The first-order valence-electron chi connectivity index (χ1n) is 24.1. The number of nitrogens with zero attached hydrogens (tertiary/aromatic N) is 3. The van der Waals surface area contributed by atoms with Crippen LogP contribution in [0.25, 0.3) is 11.1 Å². The van der Waals surface area contributed by atoms with Crippen LogP contribution in [0.15, 0.2) is 72.9 Å². The van der Waals surface area contributed by atoms with E-state index in [1.807, 2.05) is 55.7 Å². The van der Waals surface area contributed by atoms with Gasteiger partial charge in [0.25, 0.3) is 11.8 Å². The zero-order chi connectivity index (χ0) is 52.6. The van der Waals surface area contributed by atoms with Gasteiger partial charge in [-0.3, -0.25) is 38.5 Å². The monoisotopic (exact) mass is 989 g/mol. The molecule has 0 spiro atoms. The average molecular weight is 989 g/mol. The molecule has 5 atom stereocenters. The number of carbonyl (C=O) groups is 8. The van der Waals surface area contributed by atoms with Gasteiger partial charge in [0.15, 0.2) is 0 Å². The fraction of sp³-hybridized carbons (Fsp3) is 0.500. The first kappa shape index (κ1) is 56.8. The van der Waals surface area contributed by atoms with Gasteiger partial charge in [0.05, 0.1) is 12.1 Å². The molecule has 0 fully saturated rings. The van der Waals surface area contributed by atoms with Crippen LogP contribution in [-0.4, -0.2) is 111 Å². The number of amides is 7. The second kappa shape index (κ2) is 26.4. The van der Waals surface area contributed by atoms with E-state index in [4.69, 9.17) is 5.73 Å². The Hall–Kier alpha value is -6.76. The van der Waals surface area contributed by atoms with Crippen molar-refractivity contribution in [3.63, 3.8) is 0 Å².